The molecule has 2 amide bonds. The fraction of sp³-hybridized carbons (Fsp3) is 0.429. The summed E-state index contributed by atoms with van der Waals surface area (Å²) in [4.78, 5) is 24.8. The third kappa shape index (κ3) is 3.81. The predicted octanol–water partition coefficient (Wildman–Crippen LogP) is 0.904. The largest absolute Gasteiger partial charge is 0.337 e. The Hall–Kier alpha value is -1.89. The number of carbonyl (C=O) groups excluding carboxylic acids is 2. The van der Waals surface area contributed by atoms with Crippen molar-refractivity contribution in [1.82, 2.24) is 4.90 Å². The number of hydrogen-bond donors (Lipinski definition) is 1. The van der Waals surface area contributed by atoms with Gasteiger partial charge in [-0.3, -0.25) is 9.59 Å². The van der Waals surface area contributed by atoms with E-state index in [1.165, 1.54) is 13.2 Å². The summed E-state index contributed by atoms with van der Waals surface area (Å²) < 4.78 is 23.0. The number of hydrogen-bond acceptors (Lipinski definition) is 4. The Labute approximate surface area is 124 Å². The van der Waals surface area contributed by atoms with E-state index in [0.29, 0.717) is 24.2 Å². The quantitative estimate of drug-likeness (QED) is 0.899. The lowest BCUT2D eigenvalue weighted by atomic mass is 10.2. The normalized spacial score (nSPS) is 18.6. The van der Waals surface area contributed by atoms with Gasteiger partial charge in [0.1, 0.15) is 0 Å². The molecule has 21 heavy (non-hydrogen) atoms. The minimum Gasteiger partial charge on any atom is -0.337 e. The second kappa shape index (κ2) is 5.85. The minimum absolute atomic E-state index is 0.176. The number of anilines is 1. The van der Waals surface area contributed by atoms with Crippen LogP contribution in [0.5, 0.6) is 0 Å². The highest BCUT2D eigenvalue weighted by Crippen LogP contribution is 2.19. The van der Waals surface area contributed by atoms with Crippen molar-refractivity contribution in [2.45, 2.75) is 18.6 Å². The van der Waals surface area contributed by atoms with E-state index in [-0.39, 0.29) is 18.4 Å². The molecule has 1 aromatic rings. The van der Waals surface area contributed by atoms with E-state index < -0.39 is 15.1 Å². The zero-order valence-electron chi connectivity index (χ0n) is 12.0. The summed E-state index contributed by atoms with van der Waals surface area (Å²) in [6, 6.07) is 6.56. The van der Waals surface area contributed by atoms with Gasteiger partial charge in [0.2, 0.25) is 5.91 Å². The lowest BCUT2D eigenvalue weighted by Gasteiger charge is -2.16. The first-order chi connectivity index (χ1) is 9.77. The summed E-state index contributed by atoms with van der Waals surface area (Å²) in [6.45, 7) is 2.10. The molecule has 0 bridgehead atoms. The number of amides is 2. The average Bonchev–Trinajstić information content (AvgIpc) is 2.87. The van der Waals surface area contributed by atoms with Crippen LogP contribution in [0, 0.1) is 0 Å². The number of sulfone groups is 1. The molecule has 0 spiro atoms. The van der Waals surface area contributed by atoms with Crippen molar-refractivity contribution in [3.8, 4) is 0 Å². The van der Waals surface area contributed by atoms with Gasteiger partial charge in [0.05, 0.1) is 5.25 Å². The smallest absolute Gasteiger partial charge is 0.253 e. The Balaban J connectivity index is 2.06. The van der Waals surface area contributed by atoms with Crippen molar-refractivity contribution in [3.63, 3.8) is 0 Å². The number of rotatable bonds is 3. The van der Waals surface area contributed by atoms with Gasteiger partial charge in [-0.05, 0) is 30.7 Å². The third-order valence-electron chi connectivity index (χ3n) is 3.49. The third-order valence-corrected chi connectivity index (χ3v) is 5.09. The summed E-state index contributed by atoms with van der Waals surface area (Å²) in [5.74, 6) is -0.361. The maximum Gasteiger partial charge on any atom is 0.253 e. The van der Waals surface area contributed by atoms with Crippen LogP contribution >= 0.6 is 0 Å². The number of carbonyl (C=O) groups is 2. The fourth-order valence-corrected chi connectivity index (χ4v) is 3.33. The van der Waals surface area contributed by atoms with E-state index in [2.05, 4.69) is 5.32 Å². The van der Waals surface area contributed by atoms with Crippen LogP contribution in [0.15, 0.2) is 24.3 Å². The Bertz CT molecular complexity index is 652. The summed E-state index contributed by atoms with van der Waals surface area (Å²) in [6.07, 6.45) is 1.68. The zero-order chi connectivity index (χ0) is 15.6. The lowest BCUT2D eigenvalue weighted by molar-refractivity contribution is -0.114. The van der Waals surface area contributed by atoms with Crippen molar-refractivity contribution in [2.75, 3.05) is 24.7 Å². The first kappa shape index (κ1) is 15.5. The molecule has 0 saturated carbocycles. The van der Waals surface area contributed by atoms with Crippen LogP contribution < -0.4 is 5.32 Å². The first-order valence-corrected chi connectivity index (χ1v) is 8.58. The molecular weight excluding hydrogens is 292 g/mol. The molecule has 1 unspecified atom stereocenters. The standard InChI is InChI=1S/C14H18N2O4S/c1-10(17)15-12-5-3-11(4-6-12)14(18)16-8-7-13(9-16)21(2,19)20/h3-6,13H,7-9H2,1-2H3,(H,15,17). The molecule has 0 radical (unpaired) electrons. The Kier molecular flexibility index (Phi) is 4.32. The molecular formula is C14H18N2O4S. The Morgan fingerprint density at radius 2 is 1.86 bits per heavy atom. The summed E-state index contributed by atoms with van der Waals surface area (Å²) >= 11 is 0. The maximum absolute atomic E-state index is 12.3. The molecule has 1 fully saturated rings. The van der Waals surface area contributed by atoms with Crippen LogP contribution in [0.25, 0.3) is 0 Å². The fourth-order valence-electron chi connectivity index (χ4n) is 2.34. The molecule has 1 N–H and O–H groups in total. The average molecular weight is 310 g/mol. The number of nitrogens with one attached hydrogen (secondary N) is 1. The van der Waals surface area contributed by atoms with Crippen LogP contribution in [-0.2, 0) is 14.6 Å². The maximum atomic E-state index is 12.3. The van der Waals surface area contributed by atoms with E-state index in [9.17, 15) is 18.0 Å². The second-order valence-electron chi connectivity index (χ2n) is 5.25. The molecule has 6 nitrogen and oxygen atoms in total. The van der Waals surface area contributed by atoms with Gasteiger partial charge in [-0.15, -0.1) is 0 Å². The van der Waals surface area contributed by atoms with E-state index in [0.717, 1.165) is 0 Å². The second-order valence-corrected chi connectivity index (χ2v) is 7.58. The van der Waals surface area contributed by atoms with Gasteiger partial charge in [0.15, 0.2) is 9.84 Å². The molecule has 1 heterocycles. The topological polar surface area (TPSA) is 83.6 Å². The van der Waals surface area contributed by atoms with Gasteiger partial charge >= 0.3 is 0 Å². The van der Waals surface area contributed by atoms with Crippen LogP contribution in [-0.4, -0.2) is 49.7 Å². The van der Waals surface area contributed by atoms with Crippen molar-refractivity contribution in [1.29, 1.82) is 0 Å². The van der Waals surface area contributed by atoms with Crippen molar-refractivity contribution < 1.29 is 18.0 Å². The SMILES string of the molecule is CC(=O)Nc1ccc(C(=O)N2CCC(S(C)(=O)=O)C2)cc1. The van der Waals surface area contributed by atoms with Crippen molar-refractivity contribution >= 4 is 27.3 Å². The van der Waals surface area contributed by atoms with Crippen LogP contribution in [0.3, 0.4) is 0 Å². The van der Waals surface area contributed by atoms with Gasteiger partial charge in [0.25, 0.3) is 5.91 Å². The van der Waals surface area contributed by atoms with Gasteiger partial charge in [-0.1, -0.05) is 0 Å². The van der Waals surface area contributed by atoms with E-state index >= 15 is 0 Å². The predicted molar refractivity (Wildman–Crippen MR) is 79.9 cm³/mol. The summed E-state index contributed by atoms with van der Waals surface area (Å²) in [5, 5.41) is 2.15. The molecule has 1 atom stereocenters. The van der Waals surface area contributed by atoms with Crippen LogP contribution in [0.2, 0.25) is 0 Å². The van der Waals surface area contributed by atoms with Gasteiger partial charge < -0.3 is 10.2 Å². The van der Waals surface area contributed by atoms with Gasteiger partial charge in [0, 0.05) is 37.5 Å². The molecule has 0 aliphatic carbocycles. The number of likely N-dealkylation sites (tertiary alicyclic amines) is 1. The highest BCUT2D eigenvalue weighted by molar-refractivity contribution is 7.91. The zero-order valence-corrected chi connectivity index (χ0v) is 12.8. The Morgan fingerprint density at radius 3 is 2.33 bits per heavy atom. The number of nitrogens with zero attached hydrogens (tertiary/aromatic N) is 1. The Morgan fingerprint density at radius 1 is 1.24 bits per heavy atom. The molecule has 2 rings (SSSR count). The summed E-state index contributed by atoms with van der Waals surface area (Å²) in [5.41, 5.74) is 1.10. The van der Waals surface area contributed by atoms with Crippen molar-refractivity contribution in [2.24, 2.45) is 0 Å². The first-order valence-electron chi connectivity index (χ1n) is 6.63. The van der Waals surface area contributed by atoms with Crippen LogP contribution in [0.4, 0.5) is 5.69 Å². The van der Waals surface area contributed by atoms with E-state index in [1.54, 1.807) is 29.2 Å². The molecule has 0 aromatic heterocycles. The van der Waals surface area contributed by atoms with E-state index in [4.69, 9.17) is 0 Å². The van der Waals surface area contributed by atoms with Crippen molar-refractivity contribution in [3.05, 3.63) is 29.8 Å². The molecule has 1 aliphatic rings. The minimum atomic E-state index is -3.11. The van der Waals surface area contributed by atoms with Gasteiger partial charge in [-0.2, -0.15) is 0 Å². The number of benzene rings is 1. The highest BCUT2D eigenvalue weighted by Gasteiger charge is 2.32. The van der Waals surface area contributed by atoms with Crippen LogP contribution in [0.1, 0.15) is 23.7 Å². The molecule has 1 aliphatic heterocycles. The highest BCUT2D eigenvalue weighted by atomic mass is 32.2. The molecule has 114 valence electrons. The lowest BCUT2D eigenvalue weighted by Crippen LogP contribution is -2.31. The molecule has 7 heteroatoms. The summed E-state index contributed by atoms with van der Waals surface area (Å²) in [7, 11) is -3.11. The van der Waals surface area contributed by atoms with Gasteiger partial charge in [-0.25, -0.2) is 8.42 Å². The van der Waals surface area contributed by atoms with E-state index in [1.807, 2.05) is 0 Å². The molecule has 1 aromatic carbocycles. The molecule has 1 saturated heterocycles. The monoisotopic (exact) mass is 310 g/mol.